The van der Waals surface area contributed by atoms with Gasteiger partial charge in [-0.05, 0) is 49.4 Å². The zero-order chi connectivity index (χ0) is 22.7. The molecule has 0 aliphatic heterocycles. The standard InChI is InChI=1S/C24H18ClN3O3S/c1-15(29)18-9-2-4-11-20(18)26-22(30)14-32-24-27-21-12-5-3-10-19(21)23(31)28(24)17-8-6-7-16(25)13-17/h2-13H,14H2,1H3,(H,26,30). The second-order valence-corrected chi connectivity index (χ2v) is 8.35. The number of thioether (sulfide) groups is 1. The molecular formula is C24H18ClN3O3S. The number of amides is 1. The molecule has 160 valence electrons. The lowest BCUT2D eigenvalue weighted by Crippen LogP contribution is -2.23. The Morgan fingerprint density at radius 1 is 1.03 bits per heavy atom. The SMILES string of the molecule is CC(=O)c1ccccc1NC(=O)CSc1nc2ccccc2c(=O)n1-c1cccc(Cl)c1. The van der Waals surface area contributed by atoms with Crippen molar-refractivity contribution in [1.82, 2.24) is 9.55 Å². The van der Waals surface area contributed by atoms with Gasteiger partial charge in [0.1, 0.15) is 0 Å². The zero-order valence-electron chi connectivity index (χ0n) is 17.0. The maximum atomic E-state index is 13.2. The highest BCUT2D eigenvalue weighted by Gasteiger charge is 2.16. The molecule has 0 aliphatic rings. The van der Waals surface area contributed by atoms with E-state index in [1.807, 2.05) is 0 Å². The Hall–Kier alpha value is -3.42. The summed E-state index contributed by atoms with van der Waals surface area (Å²) in [6, 6.07) is 20.8. The van der Waals surface area contributed by atoms with Gasteiger partial charge in [-0.2, -0.15) is 0 Å². The molecule has 32 heavy (non-hydrogen) atoms. The minimum atomic E-state index is -0.316. The predicted molar refractivity (Wildman–Crippen MR) is 128 cm³/mol. The quantitative estimate of drug-likeness (QED) is 0.248. The van der Waals surface area contributed by atoms with Crippen LogP contribution in [-0.4, -0.2) is 27.0 Å². The van der Waals surface area contributed by atoms with Crippen molar-refractivity contribution in [2.45, 2.75) is 12.1 Å². The van der Waals surface area contributed by atoms with E-state index in [1.165, 1.54) is 11.5 Å². The Morgan fingerprint density at radius 3 is 2.56 bits per heavy atom. The molecule has 0 bridgehead atoms. The molecule has 0 saturated heterocycles. The number of halogens is 1. The fourth-order valence-corrected chi connectivity index (χ4v) is 4.26. The second-order valence-electron chi connectivity index (χ2n) is 6.97. The van der Waals surface area contributed by atoms with Crippen LogP contribution < -0.4 is 10.9 Å². The minimum absolute atomic E-state index is 0.00240. The van der Waals surface area contributed by atoms with E-state index in [1.54, 1.807) is 72.8 Å². The summed E-state index contributed by atoms with van der Waals surface area (Å²) in [6.07, 6.45) is 0. The topological polar surface area (TPSA) is 81.1 Å². The van der Waals surface area contributed by atoms with Crippen molar-refractivity contribution in [3.8, 4) is 5.69 Å². The summed E-state index contributed by atoms with van der Waals surface area (Å²) in [5, 5.41) is 4.08. The van der Waals surface area contributed by atoms with Gasteiger partial charge in [0.15, 0.2) is 10.9 Å². The van der Waals surface area contributed by atoms with Gasteiger partial charge in [-0.1, -0.05) is 53.7 Å². The van der Waals surface area contributed by atoms with Crippen molar-refractivity contribution in [1.29, 1.82) is 0 Å². The number of rotatable bonds is 6. The van der Waals surface area contributed by atoms with E-state index in [2.05, 4.69) is 10.3 Å². The van der Waals surface area contributed by atoms with Crippen LogP contribution in [0.3, 0.4) is 0 Å². The van der Waals surface area contributed by atoms with E-state index < -0.39 is 0 Å². The number of anilines is 1. The second kappa shape index (κ2) is 9.38. The monoisotopic (exact) mass is 463 g/mol. The van der Waals surface area contributed by atoms with Crippen LogP contribution in [0.25, 0.3) is 16.6 Å². The molecule has 0 spiro atoms. The first-order valence-corrected chi connectivity index (χ1v) is 11.1. The van der Waals surface area contributed by atoms with Crippen LogP contribution in [0, 0.1) is 0 Å². The Kier molecular flexibility index (Phi) is 6.39. The van der Waals surface area contributed by atoms with Gasteiger partial charge in [-0.3, -0.25) is 19.0 Å². The van der Waals surface area contributed by atoms with E-state index in [0.29, 0.717) is 38.0 Å². The lowest BCUT2D eigenvalue weighted by atomic mass is 10.1. The molecule has 0 unspecified atom stereocenters. The van der Waals surface area contributed by atoms with Gasteiger partial charge in [-0.15, -0.1) is 0 Å². The molecule has 0 fully saturated rings. The first-order valence-electron chi connectivity index (χ1n) is 9.74. The molecule has 0 saturated carbocycles. The Morgan fingerprint density at radius 2 is 1.78 bits per heavy atom. The maximum Gasteiger partial charge on any atom is 0.266 e. The van der Waals surface area contributed by atoms with Crippen molar-refractivity contribution >= 4 is 51.6 Å². The van der Waals surface area contributed by atoms with Crippen molar-refractivity contribution in [2.24, 2.45) is 0 Å². The number of hydrogen-bond acceptors (Lipinski definition) is 5. The average molecular weight is 464 g/mol. The van der Waals surface area contributed by atoms with E-state index in [-0.39, 0.29) is 23.0 Å². The fourth-order valence-electron chi connectivity index (χ4n) is 3.27. The van der Waals surface area contributed by atoms with Gasteiger partial charge in [0, 0.05) is 10.6 Å². The van der Waals surface area contributed by atoms with Gasteiger partial charge in [-0.25, -0.2) is 4.98 Å². The van der Waals surface area contributed by atoms with E-state index in [0.717, 1.165) is 11.8 Å². The number of fused-ring (bicyclic) bond motifs is 1. The number of benzene rings is 3. The maximum absolute atomic E-state index is 13.2. The first-order chi connectivity index (χ1) is 15.4. The number of hydrogen-bond donors (Lipinski definition) is 1. The number of carbonyl (C=O) groups excluding carboxylic acids is 2. The molecule has 1 heterocycles. The first kappa shape index (κ1) is 21.8. The summed E-state index contributed by atoms with van der Waals surface area (Å²) in [7, 11) is 0. The molecule has 4 aromatic rings. The minimum Gasteiger partial charge on any atom is -0.325 e. The van der Waals surface area contributed by atoms with Gasteiger partial charge in [0.05, 0.1) is 28.0 Å². The highest BCUT2D eigenvalue weighted by Crippen LogP contribution is 2.23. The molecule has 0 atom stereocenters. The van der Waals surface area contributed by atoms with Crippen molar-refractivity contribution < 1.29 is 9.59 Å². The number of Topliss-reactive ketones (excluding diaryl/α,β-unsaturated/α-hetero) is 1. The normalized spacial score (nSPS) is 10.8. The van der Waals surface area contributed by atoms with Crippen LogP contribution in [0.2, 0.25) is 5.02 Å². The number of ketones is 1. The van der Waals surface area contributed by atoms with E-state index in [9.17, 15) is 14.4 Å². The van der Waals surface area contributed by atoms with Crippen molar-refractivity contribution in [2.75, 3.05) is 11.1 Å². The number of nitrogens with one attached hydrogen (secondary N) is 1. The number of nitrogens with zero attached hydrogens (tertiary/aromatic N) is 2. The third-order valence-electron chi connectivity index (χ3n) is 4.72. The summed E-state index contributed by atoms with van der Waals surface area (Å²) in [5.74, 6) is -0.458. The molecule has 3 aromatic carbocycles. The summed E-state index contributed by atoms with van der Waals surface area (Å²) in [5.41, 5.74) is 1.74. The van der Waals surface area contributed by atoms with Crippen molar-refractivity contribution in [3.05, 3.63) is 93.7 Å². The highest BCUT2D eigenvalue weighted by atomic mass is 35.5. The van der Waals surface area contributed by atoms with Crippen molar-refractivity contribution in [3.63, 3.8) is 0 Å². The van der Waals surface area contributed by atoms with Gasteiger partial charge in [0.2, 0.25) is 5.91 Å². The lowest BCUT2D eigenvalue weighted by Gasteiger charge is -2.14. The largest absolute Gasteiger partial charge is 0.325 e. The van der Waals surface area contributed by atoms with Crippen LogP contribution >= 0.6 is 23.4 Å². The predicted octanol–water partition coefficient (Wildman–Crippen LogP) is 4.97. The van der Waals surface area contributed by atoms with Gasteiger partial charge < -0.3 is 5.32 Å². The average Bonchev–Trinajstić information content (AvgIpc) is 2.78. The van der Waals surface area contributed by atoms with Crippen LogP contribution in [0.4, 0.5) is 5.69 Å². The summed E-state index contributed by atoms with van der Waals surface area (Å²) in [4.78, 5) is 42.3. The fraction of sp³-hybridized carbons (Fsp3) is 0.0833. The molecule has 4 rings (SSSR count). The molecular weight excluding hydrogens is 446 g/mol. The van der Waals surface area contributed by atoms with Crippen LogP contribution in [-0.2, 0) is 4.79 Å². The Labute approximate surface area is 193 Å². The third-order valence-corrected chi connectivity index (χ3v) is 5.90. The van der Waals surface area contributed by atoms with Gasteiger partial charge in [0.25, 0.3) is 5.56 Å². The Balaban J connectivity index is 1.67. The molecule has 1 N–H and O–H groups in total. The zero-order valence-corrected chi connectivity index (χ0v) is 18.6. The molecule has 1 aromatic heterocycles. The molecule has 1 amide bonds. The van der Waals surface area contributed by atoms with Crippen LogP contribution in [0.5, 0.6) is 0 Å². The molecule has 0 aliphatic carbocycles. The highest BCUT2D eigenvalue weighted by molar-refractivity contribution is 7.99. The third kappa shape index (κ3) is 4.59. The van der Waals surface area contributed by atoms with E-state index in [4.69, 9.17) is 11.6 Å². The summed E-state index contributed by atoms with van der Waals surface area (Å²) in [6.45, 7) is 1.45. The van der Waals surface area contributed by atoms with Crippen LogP contribution in [0.15, 0.2) is 82.7 Å². The summed E-state index contributed by atoms with van der Waals surface area (Å²) >= 11 is 7.27. The number of carbonyl (C=O) groups is 2. The van der Waals surface area contributed by atoms with E-state index >= 15 is 0 Å². The number of aromatic nitrogens is 2. The van der Waals surface area contributed by atoms with Crippen LogP contribution in [0.1, 0.15) is 17.3 Å². The molecule has 8 heteroatoms. The smallest absolute Gasteiger partial charge is 0.266 e. The number of para-hydroxylation sites is 2. The van der Waals surface area contributed by atoms with Gasteiger partial charge >= 0.3 is 0 Å². The Bertz CT molecular complexity index is 1400. The molecule has 6 nitrogen and oxygen atoms in total. The summed E-state index contributed by atoms with van der Waals surface area (Å²) < 4.78 is 1.45. The lowest BCUT2D eigenvalue weighted by molar-refractivity contribution is -0.113. The molecule has 0 radical (unpaired) electrons.